The van der Waals surface area contributed by atoms with E-state index >= 15 is 0 Å². The normalized spacial score (nSPS) is 19.2. The molecule has 1 fully saturated rings. The van der Waals surface area contributed by atoms with E-state index in [0.717, 1.165) is 0 Å². The Kier molecular flexibility index (Phi) is 4.57. The van der Waals surface area contributed by atoms with Gasteiger partial charge in [0.05, 0.1) is 12.2 Å². The molecule has 2 nitrogen and oxygen atoms in total. The third-order valence-corrected chi connectivity index (χ3v) is 3.57. The molecule has 94 valence electrons. The van der Waals surface area contributed by atoms with E-state index in [1.165, 1.54) is 43.2 Å². The molecule has 1 aliphatic rings. The minimum Gasteiger partial charge on any atom is -0.369 e. The maximum absolute atomic E-state index is 6.14. The Morgan fingerprint density at radius 1 is 1.18 bits per heavy atom. The molecule has 0 aromatic heterocycles. The van der Waals surface area contributed by atoms with Gasteiger partial charge in [0.25, 0.3) is 0 Å². The second-order valence-electron chi connectivity index (χ2n) is 5.03. The van der Waals surface area contributed by atoms with Crippen LogP contribution in [0.15, 0.2) is 24.3 Å². The zero-order chi connectivity index (χ0) is 12.1. The van der Waals surface area contributed by atoms with Crippen molar-refractivity contribution in [2.24, 2.45) is 5.73 Å². The number of aryl methyl sites for hydroxylation is 1. The summed E-state index contributed by atoms with van der Waals surface area (Å²) in [5.41, 5.74) is 8.33. The first kappa shape index (κ1) is 12.6. The van der Waals surface area contributed by atoms with Gasteiger partial charge in [-0.3, -0.25) is 0 Å². The SMILES string of the molecule is Cc1ccc(C(CN)OC2CCCCC2)cc1. The number of benzene rings is 1. The van der Waals surface area contributed by atoms with E-state index < -0.39 is 0 Å². The summed E-state index contributed by atoms with van der Waals surface area (Å²) in [6, 6.07) is 8.52. The van der Waals surface area contributed by atoms with Crippen LogP contribution in [0, 0.1) is 6.92 Å². The van der Waals surface area contributed by atoms with Crippen molar-refractivity contribution in [2.45, 2.75) is 51.2 Å². The van der Waals surface area contributed by atoms with E-state index in [0.29, 0.717) is 12.6 Å². The van der Waals surface area contributed by atoms with Crippen LogP contribution in [0.25, 0.3) is 0 Å². The second kappa shape index (κ2) is 6.18. The molecular formula is C15H23NO. The number of hydrogen-bond donors (Lipinski definition) is 1. The highest BCUT2D eigenvalue weighted by Gasteiger charge is 2.19. The van der Waals surface area contributed by atoms with Crippen molar-refractivity contribution < 1.29 is 4.74 Å². The topological polar surface area (TPSA) is 35.2 Å². The van der Waals surface area contributed by atoms with Crippen LogP contribution in [0.3, 0.4) is 0 Å². The molecule has 17 heavy (non-hydrogen) atoms. The van der Waals surface area contributed by atoms with Crippen molar-refractivity contribution in [3.8, 4) is 0 Å². The summed E-state index contributed by atoms with van der Waals surface area (Å²) in [5.74, 6) is 0. The summed E-state index contributed by atoms with van der Waals surface area (Å²) in [4.78, 5) is 0. The summed E-state index contributed by atoms with van der Waals surface area (Å²) in [6.07, 6.45) is 6.84. The first-order valence-electron chi connectivity index (χ1n) is 6.71. The van der Waals surface area contributed by atoms with E-state index in [-0.39, 0.29) is 6.10 Å². The molecule has 0 heterocycles. The zero-order valence-corrected chi connectivity index (χ0v) is 10.7. The van der Waals surface area contributed by atoms with Crippen molar-refractivity contribution in [2.75, 3.05) is 6.54 Å². The Bertz CT molecular complexity index is 327. The number of rotatable bonds is 4. The number of nitrogens with two attached hydrogens (primary N) is 1. The first-order valence-corrected chi connectivity index (χ1v) is 6.71. The molecule has 1 aromatic carbocycles. The van der Waals surface area contributed by atoms with Gasteiger partial charge in [-0.05, 0) is 25.3 Å². The molecule has 0 spiro atoms. The molecule has 1 aromatic rings. The maximum Gasteiger partial charge on any atom is 0.0950 e. The molecule has 0 saturated heterocycles. The van der Waals surface area contributed by atoms with Crippen molar-refractivity contribution >= 4 is 0 Å². The van der Waals surface area contributed by atoms with Crippen molar-refractivity contribution in [1.82, 2.24) is 0 Å². The Morgan fingerprint density at radius 2 is 1.82 bits per heavy atom. The molecular weight excluding hydrogens is 210 g/mol. The highest BCUT2D eigenvalue weighted by atomic mass is 16.5. The summed E-state index contributed by atoms with van der Waals surface area (Å²) >= 11 is 0. The Labute approximate surface area is 104 Å². The van der Waals surface area contributed by atoms with Crippen LogP contribution in [0.2, 0.25) is 0 Å². The molecule has 0 amide bonds. The van der Waals surface area contributed by atoms with Crippen LogP contribution in [-0.4, -0.2) is 12.6 Å². The monoisotopic (exact) mass is 233 g/mol. The van der Waals surface area contributed by atoms with Crippen LogP contribution >= 0.6 is 0 Å². The lowest BCUT2D eigenvalue weighted by Gasteiger charge is -2.27. The molecule has 0 bridgehead atoms. The molecule has 0 radical (unpaired) electrons. The summed E-state index contributed by atoms with van der Waals surface area (Å²) in [6.45, 7) is 2.67. The van der Waals surface area contributed by atoms with Gasteiger partial charge in [0.15, 0.2) is 0 Å². The fraction of sp³-hybridized carbons (Fsp3) is 0.600. The third-order valence-electron chi connectivity index (χ3n) is 3.57. The van der Waals surface area contributed by atoms with Crippen LogP contribution < -0.4 is 5.73 Å². The van der Waals surface area contributed by atoms with Gasteiger partial charge >= 0.3 is 0 Å². The molecule has 1 atom stereocenters. The van der Waals surface area contributed by atoms with Crippen molar-refractivity contribution in [3.05, 3.63) is 35.4 Å². The third kappa shape index (κ3) is 3.55. The quantitative estimate of drug-likeness (QED) is 0.865. The van der Waals surface area contributed by atoms with Crippen LogP contribution in [0.1, 0.15) is 49.3 Å². The molecule has 2 N–H and O–H groups in total. The number of hydrogen-bond acceptors (Lipinski definition) is 2. The van der Waals surface area contributed by atoms with Gasteiger partial charge in [-0.25, -0.2) is 0 Å². The van der Waals surface area contributed by atoms with Gasteiger partial charge in [-0.2, -0.15) is 0 Å². The molecule has 1 aliphatic carbocycles. The van der Waals surface area contributed by atoms with E-state index in [9.17, 15) is 0 Å². The van der Waals surface area contributed by atoms with Gasteiger partial charge in [0, 0.05) is 6.54 Å². The lowest BCUT2D eigenvalue weighted by Crippen LogP contribution is -2.24. The van der Waals surface area contributed by atoms with Crippen molar-refractivity contribution in [3.63, 3.8) is 0 Å². The zero-order valence-electron chi connectivity index (χ0n) is 10.7. The molecule has 2 rings (SSSR count). The van der Waals surface area contributed by atoms with Gasteiger partial charge < -0.3 is 10.5 Å². The first-order chi connectivity index (χ1) is 8.29. The average Bonchev–Trinajstić information content (AvgIpc) is 2.38. The fourth-order valence-corrected chi connectivity index (χ4v) is 2.48. The largest absolute Gasteiger partial charge is 0.369 e. The maximum atomic E-state index is 6.14. The Morgan fingerprint density at radius 3 is 2.41 bits per heavy atom. The number of ether oxygens (including phenoxy) is 1. The van der Waals surface area contributed by atoms with Gasteiger partial charge in [0.2, 0.25) is 0 Å². The predicted octanol–water partition coefficient (Wildman–Crippen LogP) is 3.34. The van der Waals surface area contributed by atoms with E-state index in [1.807, 2.05) is 0 Å². The summed E-state index contributed by atoms with van der Waals surface area (Å²) in [5, 5.41) is 0. The Hall–Kier alpha value is -0.860. The van der Waals surface area contributed by atoms with E-state index in [2.05, 4.69) is 31.2 Å². The van der Waals surface area contributed by atoms with E-state index in [1.54, 1.807) is 0 Å². The lowest BCUT2D eigenvalue weighted by molar-refractivity contribution is -0.0269. The highest BCUT2D eigenvalue weighted by Crippen LogP contribution is 2.26. The summed E-state index contributed by atoms with van der Waals surface area (Å²) in [7, 11) is 0. The molecule has 1 unspecified atom stereocenters. The predicted molar refractivity (Wildman–Crippen MR) is 70.9 cm³/mol. The van der Waals surface area contributed by atoms with E-state index in [4.69, 9.17) is 10.5 Å². The highest BCUT2D eigenvalue weighted by molar-refractivity contribution is 5.23. The van der Waals surface area contributed by atoms with Crippen molar-refractivity contribution in [1.29, 1.82) is 0 Å². The van der Waals surface area contributed by atoms with Crippen LogP contribution in [0.4, 0.5) is 0 Å². The fourth-order valence-electron chi connectivity index (χ4n) is 2.48. The van der Waals surface area contributed by atoms with Crippen LogP contribution in [-0.2, 0) is 4.74 Å². The molecule has 2 heteroatoms. The molecule has 1 saturated carbocycles. The Balaban J connectivity index is 1.97. The smallest absolute Gasteiger partial charge is 0.0950 e. The molecule has 0 aliphatic heterocycles. The van der Waals surface area contributed by atoms with Crippen LogP contribution in [0.5, 0.6) is 0 Å². The summed E-state index contributed by atoms with van der Waals surface area (Å²) < 4.78 is 6.14. The standard InChI is InChI=1S/C15H23NO/c1-12-7-9-13(10-8-12)15(11-16)17-14-5-3-2-4-6-14/h7-10,14-15H,2-6,11,16H2,1H3. The average molecular weight is 233 g/mol. The van der Waals surface area contributed by atoms with Gasteiger partial charge in [-0.1, -0.05) is 49.1 Å². The minimum atomic E-state index is 0.0682. The lowest BCUT2D eigenvalue weighted by atomic mass is 9.97. The van der Waals surface area contributed by atoms with Gasteiger partial charge in [0.1, 0.15) is 0 Å². The minimum absolute atomic E-state index is 0.0682. The second-order valence-corrected chi connectivity index (χ2v) is 5.03. The van der Waals surface area contributed by atoms with Gasteiger partial charge in [-0.15, -0.1) is 0 Å².